The van der Waals surface area contributed by atoms with E-state index in [1.54, 1.807) is 0 Å². The Morgan fingerprint density at radius 2 is 1.06 bits per heavy atom. The van der Waals surface area contributed by atoms with Crippen LogP contribution in [-0.2, 0) is 0 Å². The second-order valence-corrected chi connectivity index (χ2v) is 13.9. The molecule has 12 rings (SSSR count). The van der Waals surface area contributed by atoms with E-state index in [-0.39, 0.29) is 0 Å². The maximum absolute atomic E-state index is 5.10. The van der Waals surface area contributed by atoms with Crippen molar-refractivity contribution in [1.82, 2.24) is 19.1 Å². The zero-order chi connectivity index (χ0) is 33.9. The summed E-state index contributed by atoms with van der Waals surface area (Å²) >= 11 is 0. The van der Waals surface area contributed by atoms with Gasteiger partial charge in [0.05, 0.1) is 27.6 Å². The summed E-state index contributed by atoms with van der Waals surface area (Å²) in [7, 11) is 0. The topological polar surface area (TPSA) is 35.6 Å². The third-order valence-electron chi connectivity index (χ3n) is 11.1. The average molecular weight is 661 g/mol. The van der Waals surface area contributed by atoms with E-state index in [2.05, 4.69) is 172 Å². The molecule has 0 aliphatic heterocycles. The molecule has 0 amide bonds. The van der Waals surface area contributed by atoms with Gasteiger partial charge >= 0.3 is 0 Å². The predicted molar refractivity (Wildman–Crippen MR) is 216 cm³/mol. The number of para-hydroxylation sites is 2. The zero-order valence-corrected chi connectivity index (χ0v) is 28.0. The van der Waals surface area contributed by atoms with E-state index in [0.29, 0.717) is 0 Å². The molecule has 7 aromatic carbocycles. The molecule has 0 atom stereocenters. The number of nitrogens with zero attached hydrogens (tertiary/aromatic N) is 4. The second-order valence-electron chi connectivity index (χ2n) is 13.9. The molecule has 1 aliphatic carbocycles. The molecule has 0 bridgehead atoms. The molecule has 4 heteroatoms. The molecule has 240 valence electrons. The fourth-order valence-corrected chi connectivity index (χ4v) is 8.80. The highest BCUT2D eigenvalue weighted by Gasteiger charge is 2.24. The first-order valence-corrected chi connectivity index (χ1v) is 17.7. The summed E-state index contributed by atoms with van der Waals surface area (Å²) in [4.78, 5) is 9.74. The summed E-state index contributed by atoms with van der Waals surface area (Å²) in [5.41, 5.74) is 14.1. The van der Waals surface area contributed by atoms with Crippen LogP contribution >= 0.6 is 0 Å². The Morgan fingerprint density at radius 1 is 0.385 bits per heavy atom. The highest BCUT2D eigenvalue weighted by Crippen LogP contribution is 2.47. The van der Waals surface area contributed by atoms with E-state index in [0.717, 1.165) is 33.6 Å². The SMILES string of the molecule is c1ccc(-n2c3ccc(-c4ccc5c(c4)c4ccccc4n5-c4cc5c(cn4)-c4cccc6nccc-5c46)cc3c3cc4ccccc4cc32)cc1. The van der Waals surface area contributed by atoms with Crippen LogP contribution in [0.25, 0.3) is 110 Å². The van der Waals surface area contributed by atoms with Crippen LogP contribution in [0.1, 0.15) is 0 Å². The maximum Gasteiger partial charge on any atom is 0.138 e. The van der Waals surface area contributed by atoms with Gasteiger partial charge in [-0.05, 0) is 111 Å². The van der Waals surface area contributed by atoms with Gasteiger partial charge in [0, 0.05) is 50.6 Å². The monoisotopic (exact) mass is 660 g/mol. The maximum atomic E-state index is 5.10. The Labute approximate surface area is 298 Å². The van der Waals surface area contributed by atoms with Crippen LogP contribution in [-0.4, -0.2) is 19.1 Å². The lowest BCUT2D eigenvalue weighted by atomic mass is 10.00. The fraction of sp³-hybridized carbons (Fsp3) is 0. The first-order valence-electron chi connectivity index (χ1n) is 17.7. The lowest BCUT2D eigenvalue weighted by molar-refractivity contribution is 1.08. The van der Waals surface area contributed by atoms with Gasteiger partial charge < -0.3 is 4.57 Å². The number of benzene rings is 7. The van der Waals surface area contributed by atoms with Crippen molar-refractivity contribution >= 4 is 65.3 Å². The normalized spacial score (nSPS) is 12.2. The highest BCUT2D eigenvalue weighted by atomic mass is 15.1. The summed E-state index contributed by atoms with van der Waals surface area (Å²) in [5, 5.41) is 8.63. The van der Waals surface area contributed by atoms with Gasteiger partial charge in [-0.15, -0.1) is 0 Å². The summed E-state index contributed by atoms with van der Waals surface area (Å²) in [6.45, 7) is 0. The number of aromatic nitrogens is 4. The molecule has 0 unspecified atom stereocenters. The zero-order valence-electron chi connectivity index (χ0n) is 28.0. The van der Waals surface area contributed by atoms with Gasteiger partial charge in [0.1, 0.15) is 5.82 Å². The minimum absolute atomic E-state index is 0.915. The van der Waals surface area contributed by atoms with Crippen molar-refractivity contribution in [3.63, 3.8) is 0 Å². The van der Waals surface area contributed by atoms with E-state index < -0.39 is 0 Å². The van der Waals surface area contributed by atoms with E-state index in [9.17, 15) is 0 Å². The number of fused-ring (bicyclic) bond motifs is 10. The first kappa shape index (κ1) is 27.7. The molecule has 4 nitrogen and oxygen atoms in total. The lowest BCUT2D eigenvalue weighted by Crippen LogP contribution is -1.98. The third kappa shape index (κ3) is 3.75. The van der Waals surface area contributed by atoms with E-state index in [4.69, 9.17) is 4.98 Å². The molecule has 0 spiro atoms. The van der Waals surface area contributed by atoms with Gasteiger partial charge in [-0.3, -0.25) is 9.55 Å². The Kier molecular flexibility index (Phi) is 5.47. The summed E-state index contributed by atoms with van der Waals surface area (Å²) in [6.07, 6.45) is 3.95. The van der Waals surface area contributed by atoms with Crippen LogP contribution in [0.15, 0.2) is 170 Å². The van der Waals surface area contributed by atoms with Crippen molar-refractivity contribution in [3.8, 4) is 44.9 Å². The fourth-order valence-electron chi connectivity index (χ4n) is 8.80. The number of rotatable bonds is 3. The van der Waals surface area contributed by atoms with Crippen LogP contribution in [0.3, 0.4) is 0 Å². The molecule has 0 fully saturated rings. The standard InChI is InChI=1S/C48H28N4/c1-2-11-33(12-3-1)51-44-19-17-32(25-39(44)40-23-29-9-4-5-10-30(29)26-46(40)51)31-18-20-45-38(24-31)34-13-6-7-16-43(34)52(45)47-27-37-36-21-22-49-42-15-8-14-35(48(36)42)41(37)28-50-47/h1-28H. The molecular formula is C48H28N4. The number of hydrogen-bond acceptors (Lipinski definition) is 2. The molecule has 4 aromatic heterocycles. The van der Waals surface area contributed by atoms with Crippen molar-refractivity contribution < 1.29 is 0 Å². The van der Waals surface area contributed by atoms with Gasteiger partial charge in [-0.25, -0.2) is 4.98 Å². The molecule has 52 heavy (non-hydrogen) atoms. The highest BCUT2D eigenvalue weighted by molar-refractivity contribution is 6.16. The minimum atomic E-state index is 0.915. The van der Waals surface area contributed by atoms with Crippen molar-refractivity contribution in [2.75, 3.05) is 0 Å². The summed E-state index contributed by atoms with van der Waals surface area (Å²) in [5.74, 6) is 0.915. The van der Waals surface area contributed by atoms with Gasteiger partial charge in [-0.2, -0.15) is 0 Å². The van der Waals surface area contributed by atoms with Crippen LogP contribution in [0.5, 0.6) is 0 Å². The van der Waals surface area contributed by atoms with Gasteiger partial charge in [0.2, 0.25) is 0 Å². The molecule has 0 N–H and O–H groups in total. The van der Waals surface area contributed by atoms with Crippen molar-refractivity contribution in [2.45, 2.75) is 0 Å². The van der Waals surface area contributed by atoms with Gasteiger partial charge in [0.25, 0.3) is 0 Å². The van der Waals surface area contributed by atoms with Crippen molar-refractivity contribution in [1.29, 1.82) is 0 Å². The van der Waals surface area contributed by atoms with E-state index >= 15 is 0 Å². The number of pyridine rings is 2. The van der Waals surface area contributed by atoms with Crippen molar-refractivity contribution in [2.24, 2.45) is 0 Å². The van der Waals surface area contributed by atoms with Crippen molar-refractivity contribution in [3.05, 3.63) is 170 Å². The largest absolute Gasteiger partial charge is 0.309 e. The van der Waals surface area contributed by atoms with E-state index in [1.165, 1.54) is 76.6 Å². The molecular weight excluding hydrogens is 633 g/mol. The molecule has 0 saturated heterocycles. The quantitative estimate of drug-likeness (QED) is 0.189. The van der Waals surface area contributed by atoms with Crippen LogP contribution in [0.4, 0.5) is 0 Å². The molecule has 0 radical (unpaired) electrons. The Bertz CT molecular complexity index is 3290. The second kappa shape index (κ2) is 10.3. The average Bonchev–Trinajstić information content (AvgIpc) is 3.83. The smallest absolute Gasteiger partial charge is 0.138 e. The van der Waals surface area contributed by atoms with E-state index in [1.807, 2.05) is 12.4 Å². The van der Waals surface area contributed by atoms with Crippen LogP contribution < -0.4 is 0 Å². The lowest BCUT2D eigenvalue weighted by Gasteiger charge is -2.10. The predicted octanol–water partition coefficient (Wildman–Crippen LogP) is 12.3. The summed E-state index contributed by atoms with van der Waals surface area (Å²) in [6, 6.07) is 57.3. The van der Waals surface area contributed by atoms with Gasteiger partial charge in [0.15, 0.2) is 0 Å². The molecule has 11 aromatic rings. The van der Waals surface area contributed by atoms with Gasteiger partial charge in [-0.1, -0.05) is 84.9 Å². The summed E-state index contributed by atoms with van der Waals surface area (Å²) < 4.78 is 4.72. The molecule has 0 saturated carbocycles. The molecule has 4 heterocycles. The Hall–Kier alpha value is -7.04. The molecule has 1 aliphatic rings. The van der Waals surface area contributed by atoms with Crippen LogP contribution in [0.2, 0.25) is 0 Å². The van der Waals surface area contributed by atoms with Crippen LogP contribution in [0, 0.1) is 0 Å². The Morgan fingerprint density at radius 3 is 1.90 bits per heavy atom. The Balaban J connectivity index is 1.05. The third-order valence-corrected chi connectivity index (χ3v) is 11.1. The number of hydrogen-bond donors (Lipinski definition) is 0. The minimum Gasteiger partial charge on any atom is -0.309 e. The first-order chi connectivity index (χ1) is 25.8.